The van der Waals surface area contributed by atoms with E-state index in [0.717, 1.165) is 24.8 Å². The summed E-state index contributed by atoms with van der Waals surface area (Å²) in [7, 11) is 0. The molecule has 1 heterocycles. The van der Waals surface area contributed by atoms with E-state index in [0.29, 0.717) is 19.8 Å². The Hall–Kier alpha value is -1.51. The summed E-state index contributed by atoms with van der Waals surface area (Å²) in [6.45, 7) is 15.4. The van der Waals surface area contributed by atoms with Gasteiger partial charge in [-0.1, -0.05) is 30.3 Å². The molecule has 33 heavy (non-hydrogen) atoms. The molecule has 0 bridgehead atoms. The first-order chi connectivity index (χ1) is 15.6. The molecule has 1 aromatic rings. The molecule has 0 N–H and O–H groups in total. The number of nitrogens with zero attached hydrogens (tertiary/aromatic N) is 1. The van der Waals surface area contributed by atoms with Crippen molar-refractivity contribution in [2.24, 2.45) is 0 Å². The van der Waals surface area contributed by atoms with Crippen LogP contribution in [0.15, 0.2) is 30.3 Å². The van der Waals surface area contributed by atoms with E-state index in [4.69, 9.17) is 23.8 Å². The van der Waals surface area contributed by atoms with E-state index >= 15 is 0 Å². The number of carbonyl (C=O) groups excluding carboxylic acids is 1. The number of benzene rings is 1. The fourth-order valence-electron chi connectivity index (χ4n) is 4.58. The first-order valence-corrected chi connectivity index (χ1v) is 12.2. The molecule has 1 fully saturated rings. The second-order valence-electron chi connectivity index (χ2n) is 9.62. The number of hydrogen-bond acceptors (Lipinski definition) is 7. The number of ether oxygens (including phenoxy) is 4. The molecule has 0 spiro atoms. The first-order valence-electron chi connectivity index (χ1n) is 12.2. The van der Waals surface area contributed by atoms with Gasteiger partial charge in [-0.2, -0.15) is 5.06 Å². The first kappa shape index (κ1) is 27.7. The quantitative estimate of drug-likeness (QED) is 0.285. The van der Waals surface area contributed by atoms with Crippen molar-refractivity contribution in [3.8, 4) is 0 Å². The standard InChI is InChI=1S/C26H43NO6/c1-8-30-26(31-9-2,32-10-3)19-23(28)29-20-22(21-15-12-11-13-16-21)33-27-24(4,5)17-14-18-25(27,6)7/h11-13,15-16,22H,8-10,14,17-20H2,1-7H3. The average Bonchev–Trinajstić information content (AvgIpc) is 2.73. The van der Waals surface area contributed by atoms with Gasteiger partial charge in [0, 0.05) is 30.9 Å². The molecule has 0 aromatic heterocycles. The Morgan fingerprint density at radius 1 is 0.939 bits per heavy atom. The lowest BCUT2D eigenvalue weighted by Gasteiger charge is -2.52. The molecule has 1 atom stereocenters. The molecule has 0 radical (unpaired) electrons. The Labute approximate surface area is 199 Å². The zero-order valence-corrected chi connectivity index (χ0v) is 21.5. The van der Waals surface area contributed by atoms with E-state index in [9.17, 15) is 4.79 Å². The maximum absolute atomic E-state index is 12.8. The summed E-state index contributed by atoms with van der Waals surface area (Å²) in [6.07, 6.45) is 2.63. The summed E-state index contributed by atoms with van der Waals surface area (Å²) in [6, 6.07) is 9.87. The molecule has 1 aliphatic heterocycles. The fourth-order valence-corrected chi connectivity index (χ4v) is 4.58. The zero-order chi connectivity index (χ0) is 24.5. The molecular weight excluding hydrogens is 422 g/mol. The maximum atomic E-state index is 12.8. The van der Waals surface area contributed by atoms with Crippen molar-refractivity contribution in [3.63, 3.8) is 0 Å². The van der Waals surface area contributed by atoms with Crippen LogP contribution in [-0.4, -0.2) is 54.5 Å². The average molecular weight is 466 g/mol. The summed E-state index contributed by atoms with van der Waals surface area (Å²) in [5, 5.41) is 2.10. The monoisotopic (exact) mass is 465 g/mol. The molecule has 2 rings (SSSR count). The van der Waals surface area contributed by atoms with Crippen LogP contribution in [0, 0.1) is 0 Å². The smallest absolute Gasteiger partial charge is 0.314 e. The fraction of sp³-hybridized carbons (Fsp3) is 0.731. The van der Waals surface area contributed by atoms with Crippen LogP contribution in [-0.2, 0) is 28.6 Å². The molecule has 0 amide bonds. The number of hydrogen-bond donors (Lipinski definition) is 0. The summed E-state index contributed by atoms with van der Waals surface area (Å²) < 4.78 is 22.7. The van der Waals surface area contributed by atoms with Gasteiger partial charge in [-0.15, -0.1) is 0 Å². The lowest BCUT2D eigenvalue weighted by molar-refractivity contribution is -0.376. The van der Waals surface area contributed by atoms with Gasteiger partial charge in [-0.3, -0.25) is 9.63 Å². The van der Waals surface area contributed by atoms with Crippen molar-refractivity contribution in [1.29, 1.82) is 0 Å². The van der Waals surface area contributed by atoms with E-state index < -0.39 is 18.0 Å². The molecule has 7 heteroatoms. The highest BCUT2D eigenvalue weighted by atomic mass is 16.9. The second-order valence-corrected chi connectivity index (χ2v) is 9.62. The van der Waals surface area contributed by atoms with Crippen LogP contribution in [0.1, 0.15) is 85.8 Å². The van der Waals surface area contributed by atoms with E-state index in [2.05, 4.69) is 32.8 Å². The predicted molar refractivity (Wildman–Crippen MR) is 127 cm³/mol. The van der Waals surface area contributed by atoms with Crippen molar-refractivity contribution in [2.45, 2.75) is 97.3 Å². The summed E-state index contributed by atoms with van der Waals surface area (Å²) in [5.41, 5.74) is 0.688. The lowest BCUT2D eigenvalue weighted by Crippen LogP contribution is -2.58. The Morgan fingerprint density at radius 2 is 1.45 bits per heavy atom. The molecular formula is C26H43NO6. The number of piperidine rings is 1. The van der Waals surface area contributed by atoms with E-state index in [1.165, 1.54) is 0 Å². The zero-order valence-electron chi connectivity index (χ0n) is 21.5. The van der Waals surface area contributed by atoms with Gasteiger partial charge in [0.2, 0.25) is 0 Å². The van der Waals surface area contributed by atoms with E-state index in [-0.39, 0.29) is 24.1 Å². The second kappa shape index (κ2) is 12.3. The van der Waals surface area contributed by atoms with Crippen LogP contribution in [0.3, 0.4) is 0 Å². The van der Waals surface area contributed by atoms with Gasteiger partial charge in [0.05, 0.1) is 0 Å². The minimum absolute atomic E-state index is 0.0754. The molecule has 0 saturated carbocycles. The minimum Gasteiger partial charge on any atom is -0.462 e. The third kappa shape index (κ3) is 7.76. The topological polar surface area (TPSA) is 66.5 Å². The molecule has 0 aliphatic carbocycles. The molecule has 7 nitrogen and oxygen atoms in total. The summed E-state index contributed by atoms with van der Waals surface area (Å²) in [4.78, 5) is 19.4. The predicted octanol–water partition coefficient (Wildman–Crippen LogP) is 5.40. The Morgan fingerprint density at radius 3 is 1.94 bits per heavy atom. The Kier molecular flexibility index (Phi) is 10.3. The van der Waals surface area contributed by atoms with E-state index in [1.807, 2.05) is 51.1 Å². The van der Waals surface area contributed by atoms with Gasteiger partial charge in [0.15, 0.2) is 0 Å². The highest BCUT2D eigenvalue weighted by Crippen LogP contribution is 2.40. The van der Waals surface area contributed by atoms with Crippen molar-refractivity contribution >= 4 is 5.97 Å². The van der Waals surface area contributed by atoms with Crippen LogP contribution < -0.4 is 0 Å². The third-order valence-electron chi connectivity index (χ3n) is 5.93. The molecule has 1 aromatic carbocycles. The number of carbonyl (C=O) groups is 1. The number of hydroxylamine groups is 2. The molecule has 188 valence electrons. The number of rotatable bonds is 13. The highest BCUT2D eigenvalue weighted by Gasteiger charge is 2.44. The summed E-state index contributed by atoms with van der Waals surface area (Å²) in [5.74, 6) is -1.90. The van der Waals surface area contributed by atoms with Crippen LogP contribution in [0.2, 0.25) is 0 Å². The van der Waals surface area contributed by atoms with Crippen LogP contribution in [0.4, 0.5) is 0 Å². The van der Waals surface area contributed by atoms with Gasteiger partial charge < -0.3 is 18.9 Å². The minimum atomic E-state index is -1.44. The largest absolute Gasteiger partial charge is 0.462 e. The number of esters is 1. The van der Waals surface area contributed by atoms with Gasteiger partial charge in [0.25, 0.3) is 5.97 Å². The molecule has 1 saturated heterocycles. The Balaban J connectivity index is 2.17. The highest BCUT2D eigenvalue weighted by molar-refractivity contribution is 5.70. The van der Waals surface area contributed by atoms with Crippen LogP contribution in [0.25, 0.3) is 0 Å². The molecule has 1 unspecified atom stereocenters. The maximum Gasteiger partial charge on any atom is 0.314 e. The normalized spacial score (nSPS) is 19.2. The molecule has 1 aliphatic rings. The SMILES string of the molecule is CCOC(CC(=O)OCC(ON1C(C)(C)CCCC1(C)C)c1ccccc1)(OCC)OCC. The van der Waals surface area contributed by atoms with E-state index in [1.54, 1.807) is 0 Å². The third-order valence-corrected chi connectivity index (χ3v) is 5.93. The Bertz CT molecular complexity index is 688. The van der Waals surface area contributed by atoms with Crippen molar-refractivity contribution in [1.82, 2.24) is 5.06 Å². The van der Waals surface area contributed by atoms with Gasteiger partial charge in [-0.25, -0.2) is 0 Å². The lowest BCUT2D eigenvalue weighted by atomic mass is 9.82. The van der Waals surface area contributed by atoms with Gasteiger partial charge in [-0.05, 0) is 73.3 Å². The van der Waals surface area contributed by atoms with Crippen molar-refractivity contribution < 1.29 is 28.6 Å². The van der Waals surface area contributed by atoms with Gasteiger partial charge >= 0.3 is 5.97 Å². The van der Waals surface area contributed by atoms with Crippen LogP contribution in [0.5, 0.6) is 0 Å². The van der Waals surface area contributed by atoms with Crippen LogP contribution >= 0.6 is 0 Å². The summed E-state index contributed by atoms with van der Waals surface area (Å²) >= 11 is 0. The van der Waals surface area contributed by atoms with Gasteiger partial charge in [0.1, 0.15) is 19.1 Å². The van der Waals surface area contributed by atoms with Crippen molar-refractivity contribution in [2.75, 3.05) is 26.4 Å². The van der Waals surface area contributed by atoms with Crippen molar-refractivity contribution in [3.05, 3.63) is 35.9 Å².